The van der Waals surface area contributed by atoms with Crippen molar-refractivity contribution in [1.29, 1.82) is 0 Å². The number of ether oxygens (including phenoxy) is 1. The van der Waals surface area contributed by atoms with Crippen LogP contribution in [-0.4, -0.2) is 17.2 Å². The van der Waals surface area contributed by atoms with Crippen molar-refractivity contribution in [2.75, 3.05) is 0 Å². The number of carboxylic acids is 1. The van der Waals surface area contributed by atoms with Crippen molar-refractivity contribution in [2.45, 2.75) is 104 Å². The van der Waals surface area contributed by atoms with Gasteiger partial charge in [-0.1, -0.05) is 94.9 Å². The monoisotopic (exact) mass is 428 g/mol. The number of carboxylic acid groups (broad SMARTS) is 1. The maximum atomic E-state index is 11.3. The predicted octanol–water partition coefficient (Wildman–Crippen LogP) is 7.80. The van der Waals surface area contributed by atoms with E-state index in [0.717, 1.165) is 30.2 Å². The second-order valence-electron chi connectivity index (χ2n) is 9.37. The molecular formula is C28H44O3. The number of fused-ring (bicyclic) bond motifs is 2. The van der Waals surface area contributed by atoms with Crippen LogP contribution < -0.4 is 0 Å². The lowest BCUT2D eigenvalue weighted by atomic mass is 9.95. The van der Waals surface area contributed by atoms with Crippen LogP contribution in [0.2, 0.25) is 0 Å². The molecule has 1 N–H and O–H groups in total. The SMILES string of the molecule is C1=CC2CCC1C2.CCCCCCCCC(CC(CC)C(=O)O)OCc1ccccc1. The first kappa shape index (κ1) is 25.6. The van der Waals surface area contributed by atoms with Gasteiger partial charge in [0.25, 0.3) is 0 Å². The Balaban J connectivity index is 0.000000401. The molecule has 2 aliphatic carbocycles. The Morgan fingerprint density at radius 1 is 1.00 bits per heavy atom. The normalized spacial score (nSPS) is 20.8. The molecule has 0 aromatic heterocycles. The van der Waals surface area contributed by atoms with E-state index in [0.29, 0.717) is 19.4 Å². The number of aliphatic carboxylic acids is 1. The lowest BCUT2D eigenvalue weighted by molar-refractivity contribution is -0.143. The number of rotatable bonds is 14. The quantitative estimate of drug-likeness (QED) is 0.243. The molecule has 0 saturated heterocycles. The highest BCUT2D eigenvalue weighted by Gasteiger charge is 2.25. The van der Waals surface area contributed by atoms with Crippen LogP contribution in [0.5, 0.6) is 0 Å². The zero-order valence-corrected chi connectivity index (χ0v) is 19.8. The van der Waals surface area contributed by atoms with E-state index < -0.39 is 5.97 Å². The maximum absolute atomic E-state index is 11.3. The van der Waals surface area contributed by atoms with Gasteiger partial charge in [-0.15, -0.1) is 0 Å². The molecule has 174 valence electrons. The summed E-state index contributed by atoms with van der Waals surface area (Å²) in [6.07, 6.45) is 19.0. The molecule has 0 amide bonds. The highest BCUT2D eigenvalue weighted by Crippen LogP contribution is 2.38. The molecule has 0 spiro atoms. The number of hydrogen-bond donors (Lipinski definition) is 1. The van der Waals surface area contributed by atoms with Crippen molar-refractivity contribution in [3.05, 3.63) is 48.0 Å². The number of unbranched alkanes of at least 4 members (excludes halogenated alkanes) is 5. The molecule has 1 fully saturated rings. The molecule has 4 atom stereocenters. The van der Waals surface area contributed by atoms with E-state index in [9.17, 15) is 9.90 Å². The Morgan fingerprint density at radius 3 is 2.16 bits per heavy atom. The minimum absolute atomic E-state index is 0.0393. The summed E-state index contributed by atoms with van der Waals surface area (Å²) in [7, 11) is 0. The van der Waals surface area contributed by atoms with E-state index in [2.05, 4.69) is 31.2 Å². The van der Waals surface area contributed by atoms with Gasteiger partial charge in [-0.05, 0) is 55.9 Å². The maximum Gasteiger partial charge on any atom is 0.306 e. The van der Waals surface area contributed by atoms with Crippen molar-refractivity contribution in [3.8, 4) is 0 Å². The van der Waals surface area contributed by atoms with Gasteiger partial charge in [-0.3, -0.25) is 4.79 Å². The molecule has 0 radical (unpaired) electrons. The molecule has 3 heteroatoms. The molecular weight excluding hydrogens is 384 g/mol. The summed E-state index contributed by atoms with van der Waals surface area (Å²) < 4.78 is 6.08. The van der Waals surface area contributed by atoms with E-state index in [4.69, 9.17) is 4.74 Å². The summed E-state index contributed by atoms with van der Waals surface area (Å²) in [4.78, 5) is 11.3. The summed E-state index contributed by atoms with van der Waals surface area (Å²) in [5.74, 6) is 0.981. The topological polar surface area (TPSA) is 46.5 Å². The van der Waals surface area contributed by atoms with Gasteiger partial charge < -0.3 is 9.84 Å². The third-order valence-electron chi connectivity index (χ3n) is 6.77. The number of allylic oxidation sites excluding steroid dienone is 2. The number of benzene rings is 1. The molecule has 0 heterocycles. The van der Waals surface area contributed by atoms with Crippen LogP contribution in [0.15, 0.2) is 42.5 Å². The van der Waals surface area contributed by atoms with Crippen molar-refractivity contribution in [2.24, 2.45) is 17.8 Å². The summed E-state index contributed by atoms with van der Waals surface area (Å²) in [6.45, 7) is 4.74. The largest absolute Gasteiger partial charge is 0.481 e. The van der Waals surface area contributed by atoms with E-state index in [1.807, 2.05) is 25.1 Å². The Kier molecular flexibility index (Phi) is 12.6. The van der Waals surface area contributed by atoms with Crippen molar-refractivity contribution >= 4 is 5.97 Å². The molecule has 31 heavy (non-hydrogen) atoms. The van der Waals surface area contributed by atoms with Gasteiger partial charge in [0.1, 0.15) is 0 Å². The zero-order valence-electron chi connectivity index (χ0n) is 19.8. The van der Waals surface area contributed by atoms with Crippen LogP contribution in [0.4, 0.5) is 0 Å². The lowest BCUT2D eigenvalue weighted by Gasteiger charge is -2.21. The van der Waals surface area contributed by atoms with Gasteiger partial charge in [0.2, 0.25) is 0 Å². The van der Waals surface area contributed by atoms with Gasteiger partial charge in [-0.25, -0.2) is 0 Å². The van der Waals surface area contributed by atoms with E-state index in [-0.39, 0.29) is 12.0 Å². The fraction of sp³-hybridized carbons (Fsp3) is 0.679. The second kappa shape index (κ2) is 15.2. The molecule has 0 aliphatic heterocycles. The number of carbonyl (C=O) groups is 1. The van der Waals surface area contributed by atoms with Gasteiger partial charge in [0, 0.05) is 0 Å². The van der Waals surface area contributed by atoms with Crippen LogP contribution in [0, 0.1) is 17.8 Å². The predicted molar refractivity (Wildman–Crippen MR) is 129 cm³/mol. The fourth-order valence-electron chi connectivity index (χ4n) is 4.69. The fourth-order valence-corrected chi connectivity index (χ4v) is 4.69. The molecule has 1 aromatic carbocycles. The van der Waals surface area contributed by atoms with Crippen molar-refractivity contribution < 1.29 is 14.6 Å². The van der Waals surface area contributed by atoms with Crippen molar-refractivity contribution in [1.82, 2.24) is 0 Å². The molecule has 3 rings (SSSR count). The van der Waals surface area contributed by atoms with Crippen LogP contribution >= 0.6 is 0 Å². The molecule has 3 nitrogen and oxygen atoms in total. The Bertz CT molecular complexity index is 612. The highest BCUT2D eigenvalue weighted by molar-refractivity contribution is 5.69. The Hall–Kier alpha value is -1.61. The van der Waals surface area contributed by atoms with E-state index >= 15 is 0 Å². The third-order valence-corrected chi connectivity index (χ3v) is 6.77. The Morgan fingerprint density at radius 2 is 1.65 bits per heavy atom. The standard InChI is InChI=1S/C21H34O3.C7H10/c1-3-5-6-7-8-12-15-20(16-19(4-2)21(22)23)24-17-18-13-10-9-11-14-18;1-2-7-4-3-6(1)5-7/h9-11,13-14,19-20H,3-8,12,15-17H2,1-2H3,(H,22,23);1-2,6-7H,3-5H2. The van der Waals surface area contributed by atoms with Gasteiger partial charge in [-0.2, -0.15) is 0 Å². The van der Waals surface area contributed by atoms with Gasteiger partial charge in [0.15, 0.2) is 0 Å². The van der Waals surface area contributed by atoms with Crippen molar-refractivity contribution in [3.63, 3.8) is 0 Å². The van der Waals surface area contributed by atoms with Gasteiger partial charge >= 0.3 is 5.97 Å². The minimum atomic E-state index is -0.700. The molecule has 2 bridgehead atoms. The molecule has 1 saturated carbocycles. The average molecular weight is 429 g/mol. The lowest BCUT2D eigenvalue weighted by Crippen LogP contribution is -2.22. The summed E-state index contributed by atoms with van der Waals surface area (Å²) >= 11 is 0. The summed E-state index contributed by atoms with van der Waals surface area (Å²) in [6, 6.07) is 10.1. The third kappa shape index (κ3) is 10.5. The molecule has 4 unspecified atom stereocenters. The first-order chi connectivity index (χ1) is 15.1. The first-order valence-electron chi connectivity index (χ1n) is 12.7. The Labute approximate surface area is 190 Å². The first-order valence-corrected chi connectivity index (χ1v) is 12.7. The summed E-state index contributed by atoms with van der Waals surface area (Å²) in [5, 5.41) is 9.32. The highest BCUT2D eigenvalue weighted by atomic mass is 16.5. The van der Waals surface area contributed by atoms with Crippen LogP contribution in [0.1, 0.15) is 96.5 Å². The minimum Gasteiger partial charge on any atom is -0.481 e. The van der Waals surface area contributed by atoms with Crippen LogP contribution in [0.25, 0.3) is 0 Å². The smallest absolute Gasteiger partial charge is 0.306 e. The van der Waals surface area contributed by atoms with Crippen LogP contribution in [-0.2, 0) is 16.1 Å². The van der Waals surface area contributed by atoms with Crippen LogP contribution in [0.3, 0.4) is 0 Å². The summed E-state index contributed by atoms with van der Waals surface area (Å²) in [5.41, 5.74) is 1.15. The zero-order chi connectivity index (χ0) is 22.3. The average Bonchev–Trinajstić information content (AvgIpc) is 3.44. The van der Waals surface area contributed by atoms with E-state index in [1.54, 1.807) is 0 Å². The van der Waals surface area contributed by atoms with E-state index in [1.165, 1.54) is 51.4 Å². The number of hydrogen-bond acceptors (Lipinski definition) is 2. The van der Waals surface area contributed by atoms with Gasteiger partial charge in [0.05, 0.1) is 18.6 Å². The molecule has 1 aromatic rings. The molecule has 2 aliphatic rings. The second-order valence-corrected chi connectivity index (χ2v) is 9.37.